The molecule has 0 bridgehead atoms. The Labute approximate surface area is 290 Å². The lowest BCUT2D eigenvalue weighted by molar-refractivity contribution is -0.147. The average Bonchev–Trinajstić information content (AvgIpc) is 3.11. The highest BCUT2D eigenvalue weighted by atomic mass is 79.9. The minimum absolute atomic E-state index is 0. The molecule has 8 nitrogen and oxygen atoms in total. The maximum absolute atomic E-state index is 11.8. The summed E-state index contributed by atoms with van der Waals surface area (Å²) in [5.74, 6) is -0.0561. The van der Waals surface area contributed by atoms with E-state index in [9.17, 15) is 24.3 Å². The van der Waals surface area contributed by atoms with Crippen molar-refractivity contribution in [2.45, 2.75) is 33.5 Å². The molecule has 0 spiro atoms. The zero-order valence-electron chi connectivity index (χ0n) is 25.9. The maximum Gasteiger partial charge on any atom is 0.344 e. The standard InChI is InChI=1S/C19H18O4.C10H10O2.C9H9BrO2.CH4/c1-2-7-17-16(12-20)10-6-11-18(17)22-14-19(21)23-13-15-8-4-3-5-9-15;1-2-4-9-8(7-11)5-3-6-10(9)12;10-6-9(11)12-7-8-4-2-1-3-5-8;/h2-6,8-12H,1,7,13-14H2;2-3,5-7,12H,1,4H2;1-5H,6-7H2;1H4. The fraction of sp³-hybridized carbons (Fsp3) is 0.179. The molecule has 0 aliphatic carbocycles. The van der Waals surface area contributed by atoms with E-state index in [1.165, 1.54) is 0 Å². The third-order valence-corrected chi connectivity index (χ3v) is 6.71. The Morgan fingerprint density at radius 2 is 1.15 bits per heavy atom. The first-order valence-electron chi connectivity index (χ1n) is 14.5. The lowest BCUT2D eigenvalue weighted by Gasteiger charge is -2.12. The smallest absolute Gasteiger partial charge is 0.344 e. The molecule has 0 atom stereocenters. The summed E-state index contributed by atoms with van der Waals surface area (Å²) in [6.07, 6.45) is 5.84. The highest BCUT2D eigenvalue weighted by Crippen LogP contribution is 2.23. The fourth-order valence-electron chi connectivity index (χ4n) is 3.95. The molecule has 0 fully saturated rings. The van der Waals surface area contributed by atoms with Crippen molar-refractivity contribution < 1.29 is 38.5 Å². The van der Waals surface area contributed by atoms with Crippen LogP contribution in [0, 0.1) is 0 Å². The quantitative estimate of drug-likeness (QED) is 0.0603. The van der Waals surface area contributed by atoms with Crippen molar-refractivity contribution in [3.63, 3.8) is 0 Å². The molecule has 0 amide bonds. The highest BCUT2D eigenvalue weighted by molar-refractivity contribution is 9.09. The molecule has 252 valence electrons. The van der Waals surface area contributed by atoms with Gasteiger partial charge in [-0.1, -0.05) is 120 Å². The Balaban J connectivity index is 0.000000390. The largest absolute Gasteiger partial charge is 0.508 e. The van der Waals surface area contributed by atoms with E-state index in [4.69, 9.17) is 14.2 Å². The molecule has 0 saturated carbocycles. The molecule has 1 N–H and O–H groups in total. The van der Waals surface area contributed by atoms with Crippen LogP contribution in [0.1, 0.15) is 50.4 Å². The van der Waals surface area contributed by atoms with Crippen molar-refractivity contribution in [3.05, 3.63) is 156 Å². The number of hydrogen-bond donors (Lipinski definition) is 1. The second-order valence-corrected chi connectivity index (χ2v) is 10.2. The summed E-state index contributed by atoms with van der Waals surface area (Å²) in [7, 11) is 0. The van der Waals surface area contributed by atoms with E-state index < -0.39 is 5.97 Å². The number of phenolic OH excluding ortho intramolecular Hbond substituents is 1. The molecule has 0 radical (unpaired) electrons. The summed E-state index contributed by atoms with van der Waals surface area (Å²) in [5.41, 5.74) is 4.33. The first kappa shape index (κ1) is 40.7. The monoisotopic (exact) mass is 716 g/mol. The van der Waals surface area contributed by atoms with Crippen LogP contribution in [0.2, 0.25) is 0 Å². The van der Waals surface area contributed by atoms with Gasteiger partial charge in [0.05, 0.1) is 0 Å². The van der Waals surface area contributed by atoms with Crippen LogP contribution >= 0.6 is 15.9 Å². The van der Waals surface area contributed by atoms with Crippen LogP contribution in [0.15, 0.2) is 122 Å². The summed E-state index contributed by atoms with van der Waals surface area (Å²) in [5, 5.41) is 9.60. The number of aromatic hydroxyl groups is 1. The van der Waals surface area contributed by atoms with Crippen LogP contribution < -0.4 is 4.74 Å². The number of hydrogen-bond acceptors (Lipinski definition) is 8. The van der Waals surface area contributed by atoms with Crippen LogP contribution in [-0.2, 0) is 45.1 Å². The van der Waals surface area contributed by atoms with Gasteiger partial charge in [0.1, 0.15) is 42.6 Å². The predicted molar refractivity (Wildman–Crippen MR) is 192 cm³/mol. The van der Waals surface area contributed by atoms with Crippen LogP contribution in [-0.4, -0.2) is 41.6 Å². The topological polar surface area (TPSA) is 116 Å². The van der Waals surface area contributed by atoms with Gasteiger partial charge in [-0.25, -0.2) is 4.79 Å². The Morgan fingerprint density at radius 1 is 0.667 bits per heavy atom. The van der Waals surface area contributed by atoms with Gasteiger partial charge < -0.3 is 19.3 Å². The number of allylic oxidation sites excluding steroid dienone is 2. The van der Waals surface area contributed by atoms with Gasteiger partial charge in [-0.2, -0.15) is 0 Å². The molecule has 4 aromatic rings. The Kier molecular flexibility index (Phi) is 20.3. The molecule has 0 saturated heterocycles. The number of alkyl halides is 1. The molecule has 0 heterocycles. The highest BCUT2D eigenvalue weighted by Gasteiger charge is 2.11. The molecule has 48 heavy (non-hydrogen) atoms. The van der Waals surface area contributed by atoms with Gasteiger partial charge in [-0.15, -0.1) is 13.2 Å². The lowest BCUT2D eigenvalue weighted by Crippen LogP contribution is -2.15. The van der Waals surface area contributed by atoms with Gasteiger partial charge >= 0.3 is 11.9 Å². The Hall–Kier alpha value is -5.28. The van der Waals surface area contributed by atoms with Gasteiger partial charge in [0.25, 0.3) is 0 Å². The third kappa shape index (κ3) is 14.9. The van der Waals surface area contributed by atoms with Gasteiger partial charge in [0.15, 0.2) is 6.61 Å². The van der Waals surface area contributed by atoms with E-state index in [0.29, 0.717) is 47.5 Å². The Bertz CT molecular complexity index is 1590. The summed E-state index contributed by atoms with van der Waals surface area (Å²) in [4.78, 5) is 44.1. The van der Waals surface area contributed by atoms with Gasteiger partial charge in [-0.3, -0.25) is 14.4 Å². The number of carbonyl (C=O) groups excluding carboxylic acids is 4. The van der Waals surface area contributed by atoms with Crippen molar-refractivity contribution >= 4 is 40.4 Å². The minimum Gasteiger partial charge on any atom is -0.508 e. The fourth-order valence-corrected chi connectivity index (χ4v) is 4.12. The number of halogens is 1. The summed E-state index contributed by atoms with van der Waals surface area (Å²) in [6.45, 7) is 7.56. The van der Waals surface area contributed by atoms with E-state index >= 15 is 0 Å². The molecule has 0 aliphatic heterocycles. The van der Waals surface area contributed by atoms with Gasteiger partial charge in [0, 0.05) is 22.3 Å². The van der Waals surface area contributed by atoms with Crippen LogP contribution in [0.5, 0.6) is 11.5 Å². The van der Waals surface area contributed by atoms with Gasteiger partial charge in [0.2, 0.25) is 0 Å². The molecule has 9 heteroatoms. The first-order valence-corrected chi connectivity index (χ1v) is 15.6. The van der Waals surface area contributed by atoms with Crippen LogP contribution in [0.25, 0.3) is 0 Å². The van der Waals surface area contributed by atoms with E-state index in [1.54, 1.807) is 48.6 Å². The van der Waals surface area contributed by atoms with E-state index in [1.807, 2.05) is 60.7 Å². The Morgan fingerprint density at radius 3 is 1.65 bits per heavy atom. The molecule has 0 aliphatic rings. The van der Waals surface area contributed by atoms with Crippen molar-refractivity contribution in [3.8, 4) is 11.5 Å². The van der Waals surface area contributed by atoms with E-state index in [-0.39, 0.29) is 37.7 Å². The zero-order valence-corrected chi connectivity index (χ0v) is 27.5. The number of benzene rings is 4. The second-order valence-electron chi connectivity index (χ2n) is 9.61. The van der Waals surface area contributed by atoms with E-state index in [0.717, 1.165) is 23.7 Å². The number of phenols is 1. The summed E-state index contributed by atoms with van der Waals surface area (Å²) < 4.78 is 15.5. The van der Waals surface area contributed by atoms with Crippen LogP contribution in [0.3, 0.4) is 0 Å². The summed E-state index contributed by atoms with van der Waals surface area (Å²) >= 11 is 3.01. The average molecular weight is 718 g/mol. The van der Waals surface area contributed by atoms with Crippen LogP contribution in [0.4, 0.5) is 0 Å². The van der Waals surface area contributed by atoms with Gasteiger partial charge in [-0.05, 0) is 36.1 Å². The van der Waals surface area contributed by atoms with Crippen molar-refractivity contribution in [2.24, 2.45) is 0 Å². The number of esters is 2. The number of rotatable bonds is 14. The van der Waals surface area contributed by atoms with Crippen molar-refractivity contribution in [1.29, 1.82) is 0 Å². The SMILES string of the molecule is C.C=CCc1c(C=O)cccc1OCC(=O)OCc1ccccc1.C=CCc1c(O)cccc1C=O.O=C(CBr)OCc1ccccc1. The molecular weight excluding hydrogens is 676 g/mol. The molecular formula is C39H41BrO8. The lowest BCUT2D eigenvalue weighted by atomic mass is 10.0. The number of ether oxygens (including phenoxy) is 3. The zero-order chi connectivity index (χ0) is 34.3. The van der Waals surface area contributed by atoms with E-state index in [2.05, 4.69) is 29.1 Å². The summed E-state index contributed by atoms with van der Waals surface area (Å²) in [6, 6.07) is 29.0. The predicted octanol–water partition coefficient (Wildman–Crippen LogP) is 8.04. The normalized spacial score (nSPS) is 9.44. The maximum atomic E-state index is 11.8. The third-order valence-electron chi connectivity index (χ3n) is 6.25. The molecule has 0 aromatic heterocycles. The molecule has 0 unspecified atom stereocenters. The number of aldehydes is 2. The first-order chi connectivity index (χ1) is 22.9. The number of carbonyl (C=O) groups is 4. The molecule has 4 aromatic carbocycles. The minimum atomic E-state index is -0.463. The molecule has 4 rings (SSSR count). The second kappa shape index (κ2) is 24.0. The van der Waals surface area contributed by atoms with Crippen molar-refractivity contribution in [2.75, 3.05) is 11.9 Å². The van der Waals surface area contributed by atoms with Crippen molar-refractivity contribution in [1.82, 2.24) is 0 Å².